The fraction of sp³-hybridized carbons (Fsp3) is 0.294. The van der Waals surface area contributed by atoms with Crippen molar-refractivity contribution in [3.63, 3.8) is 0 Å². The summed E-state index contributed by atoms with van der Waals surface area (Å²) in [6.45, 7) is 4.92. The van der Waals surface area contributed by atoms with Crippen LogP contribution in [0.3, 0.4) is 0 Å². The molecule has 2 aromatic heterocycles. The molecule has 25 heavy (non-hydrogen) atoms. The third kappa shape index (κ3) is 2.58. The van der Waals surface area contributed by atoms with Gasteiger partial charge in [0, 0.05) is 19.3 Å². The lowest BCUT2D eigenvalue weighted by Gasteiger charge is -2.27. The summed E-state index contributed by atoms with van der Waals surface area (Å²) in [6, 6.07) is 9.56. The van der Waals surface area contributed by atoms with Gasteiger partial charge in [-0.2, -0.15) is 9.40 Å². The van der Waals surface area contributed by atoms with E-state index in [0.29, 0.717) is 35.9 Å². The van der Waals surface area contributed by atoms with Crippen molar-refractivity contribution in [1.29, 1.82) is 0 Å². The van der Waals surface area contributed by atoms with Crippen molar-refractivity contribution in [3.05, 3.63) is 59.9 Å². The van der Waals surface area contributed by atoms with Crippen LogP contribution in [0.1, 0.15) is 17.1 Å². The van der Waals surface area contributed by atoms with Crippen LogP contribution in [0.25, 0.3) is 5.69 Å². The topological polar surface area (TPSA) is 73.0 Å². The van der Waals surface area contributed by atoms with E-state index < -0.39 is 10.0 Å². The molecule has 0 radical (unpaired) electrons. The molecule has 3 heterocycles. The Bertz CT molecular complexity index is 1020. The Morgan fingerprint density at radius 2 is 1.84 bits per heavy atom. The smallest absolute Gasteiger partial charge is 0.247 e. The normalized spacial score (nSPS) is 15.3. The molecule has 0 saturated carbocycles. The highest BCUT2D eigenvalue weighted by Crippen LogP contribution is 2.28. The Labute approximate surface area is 146 Å². The van der Waals surface area contributed by atoms with Gasteiger partial charge >= 0.3 is 0 Å². The highest BCUT2D eigenvalue weighted by molar-refractivity contribution is 7.89. The first-order valence-electron chi connectivity index (χ1n) is 8.09. The molecule has 0 unspecified atom stereocenters. The SMILES string of the molecule is Cc1nn(-c2ccccc2)c(C)c1S(=O)(=O)N1CCn2cncc2C1. The van der Waals surface area contributed by atoms with Crippen molar-refractivity contribution in [1.82, 2.24) is 23.6 Å². The van der Waals surface area contributed by atoms with Gasteiger partial charge in [0.05, 0.1) is 35.6 Å². The Balaban J connectivity index is 1.76. The Morgan fingerprint density at radius 1 is 1.08 bits per heavy atom. The minimum atomic E-state index is -3.62. The lowest BCUT2D eigenvalue weighted by Crippen LogP contribution is -2.38. The fourth-order valence-corrected chi connectivity index (χ4v) is 5.07. The van der Waals surface area contributed by atoms with Crippen LogP contribution < -0.4 is 0 Å². The lowest BCUT2D eigenvalue weighted by molar-refractivity contribution is 0.341. The highest BCUT2D eigenvalue weighted by Gasteiger charge is 2.33. The van der Waals surface area contributed by atoms with Crippen LogP contribution >= 0.6 is 0 Å². The van der Waals surface area contributed by atoms with Gasteiger partial charge in [-0.25, -0.2) is 18.1 Å². The molecule has 0 amide bonds. The zero-order valence-corrected chi connectivity index (χ0v) is 14.9. The molecule has 0 fully saturated rings. The monoisotopic (exact) mass is 357 g/mol. The Morgan fingerprint density at radius 3 is 2.60 bits per heavy atom. The summed E-state index contributed by atoms with van der Waals surface area (Å²) >= 11 is 0. The molecular formula is C17H19N5O2S. The number of rotatable bonds is 3. The maximum Gasteiger partial charge on any atom is 0.247 e. The van der Waals surface area contributed by atoms with Crippen molar-refractivity contribution in [3.8, 4) is 5.69 Å². The number of fused-ring (bicyclic) bond motifs is 1. The second-order valence-electron chi connectivity index (χ2n) is 6.16. The number of benzene rings is 1. The van der Waals surface area contributed by atoms with Gasteiger partial charge in [0.2, 0.25) is 10.0 Å². The number of nitrogens with zero attached hydrogens (tertiary/aromatic N) is 5. The number of imidazole rings is 1. The van der Waals surface area contributed by atoms with Crippen molar-refractivity contribution in [2.24, 2.45) is 0 Å². The summed E-state index contributed by atoms with van der Waals surface area (Å²) in [5.74, 6) is 0. The fourth-order valence-electron chi connectivity index (χ4n) is 3.32. The molecule has 1 aliphatic rings. The molecule has 1 aliphatic heterocycles. The molecule has 0 bridgehead atoms. The summed E-state index contributed by atoms with van der Waals surface area (Å²) in [6.07, 6.45) is 3.46. The molecular weight excluding hydrogens is 338 g/mol. The van der Waals surface area contributed by atoms with Crippen molar-refractivity contribution < 1.29 is 8.42 Å². The maximum atomic E-state index is 13.2. The van der Waals surface area contributed by atoms with Crippen molar-refractivity contribution in [2.75, 3.05) is 6.54 Å². The van der Waals surface area contributed by atoms with Gasteiger partial charge in [0.15, 0.2) is 0 Å². The van der Waals surface area contributed by atoms with Gasteiger partial charge in [-0.15, -0.1) is 0 Å². The summed E-state index contributed by atoms with van der Waals surface area (Å²) in [7, 11) is -3.62. The molecule has 0 aliphatic carbocycles. The molecule has 1 aromatic carbocycles. The highest BCUT2D eigenvalue weighted by atomic mass is 32.2. The summed E-state index contributed by atoms with van der Waals surface area (Å²) < 4.78 is 31.7. The summed E-state index contributed by atoms with van der Waals surface area (Å²) in [5.41, 5.74) is 2.89. The molecule has 0 N–H and O–H groups in total. The number of aromatic nitrogens is 4. The first kappa shape index (κ1) is 16.0. The van der Waals surface area contributed by atoms with Gasteiger partial charge in [-0.05, 0) is 26.0 Å². The van der Waals surface area contributed by atoms with Crippen LogP contribution in [0, 0.1) is 13.8 Å². The molecule has 130 valence electrons. The van der Waals surface area contributed by atoms with Crippen molar-refractivity contribution in [2.45, 2.75) is 31.8 Å². The largest absolute Gasteiger partial charge is 0.332 e. The summed E-state index contributed by atoms with van der Waals surface area (Å²) in [4.78, 5) is 4.39. The van der Waals surface area contributed by atoms with E-state index in [1.807, 2.05) is 34.9 Å². The van der Waals surface area contributed by atoms with Gasteiger partial charge in [-0.3, -0.25) is 0 Å². The van der Waals surface area contributed by atoms with Crippen LogP contribution in [0.5, 0.6) is 0 Å². The van der Waals surface area contributed by atoms with Gasteiger partial charge in [0.25, 0.3) is 0 Å². The molecule has 7 nitrogen and oxygen atoms in total. The van der Waals surface area contributed by atoms with Crippen LogP contribution in [0.2, 0.25) is 0 Å². The molecule has 0 atom stereocenters. The Hall–Kier alpha value is -2.45. The average molecular weight is 357 g/mol. The second-order valence-corrected chi connectivity index (χ2v) is 8.04. The third-order valence-electron chi connectivity index (χ3n) is 4.55. The second kappa shape index (κ2) is 5.82. The van der Waals surface area contributed by atoms with E-state index in [1.165, 1.54) is 4.31 Å². The molecule has 0 saturated heterocycles. The zero-order chi connectivity index (χ0) is 17.6. The number of hydrogen-bond acceptors (Lipinski definition) is 4. The standard InChI is InChI=1S/C17H19N5O2S/c1-13-17(14(2)22(19-13)15-6-4-3-5-7-15)25(23,24)21-9-8-20-12-18-10-16(20)11-21/h3-7,10,12H,8-9,11H2,1-2H3. The third-order valence-corrected chi connectivity index (χ3v) is 6.65. The predicted octanol–water partition coefficient (Wildman–Crippen LogP) is 1.89. The molecule has 8 heteroatoms. The quantitative estimate of drug-likeness (QED) is 0.717. The molecule has 4 rings (SSSR count). The van der Waals surface area contributed by atoms with E-state index in [1.54, 1.807) is 31.1 Å². The van der Waals surface area contributed by atoms with E-state index in [2.05, 4.69) is 10.1 Å². The number of aryl methyl sites for hydroxylation is 1. The Kier molecular flexibility index (Phi) is 3.73. The number of sulfonamides is 1. The summed E-state index contributed by atoms with van der Waals surface area (Å²) in [5, 5.41) is 4.47. The van der Waals surface area contributed by atoms with Gasteiger partial charge < -0.3 is 4.57 Å². The first-order valence-corrected chi connectivity index (χ1v) is 9.53. The van der Waals surface area contributed by atoms with Gasteiger partial charge in [0.1, 0.15) is 4.90 Å². The minimum Gasteiger partial charge on any atom is -0.332 e. The maximum absolute atomic E-state index is 13.2. The number of hydrogen-bond donors (Lipinski definition) is 0. The van der Waals surface area contributed by atoms with Crippen LogP contribution in [-0.4, -0.2) is 38.6 Å². The van der Waals surface area contributed by atoms with E-state index in [9.17, 15) is 8.42 Å². The predicted molar refractivity (Wildman–Crippen MR) is 92.9 cm³/mol. The molecule has 3 aromatic rings. The van der Waals surface area contributed by atoms with Crippen LogP contribution in [0.4, 0.5) is 0 Å². The van der Waals surface area contributed by atoms with E-state index >= 15 is 0 Å². The number of para-hydroxylation sites is 1. The molecule has 0 spiro atoms. The minimum absolute atomic E-state index is 0.296. The first-order chi connectivity index (χ1) is 12.0. The lowest BCUT2D eigenvalue weighted by atomic mass is 10.3. The zero-order valence-electron chi connectivity index (χ0n) is 14.1. The average Bonchev–Trinajstić information content (AvgIpc) is 3.19. The van der Waals surface area contributed by atoms with Gasteiger partial charge in [-0.1, -0.05) is 18.2 Å². The van der Waals surface area contributed by atoms with E-state index in [4.69, 9.17) is 0 Å². The van der Waals surface area contributed by atoms with Crippen LogP contribution in [0.15, 0.2) is 47.8 Å². The van der Waals surface area contributed by atoms with Crippen LogP contribution in [-0.2, 0) is 23.1 Å². The van der Waals surface area contributed by atoms with E-state index in [0.717, 1.165) is 11.4 Å². The van der Waals surface area contributed by atoms with Crippen molar-refractivity contribution >= 4 is 10.0 Å². The van der Waals surface area contributed by atoms with E-state index in [-0.39, 0.29) is 0 Å².